The average Bonchev–Trinajstić information content (AvgIpc) is 2.29. The number of carbonyl (C=O) groups excluding carboxylic acids is 1. The molecule has 0 radical (unpaired) electrons. The monoisotopic (exact) mass is 231 g/mol. The summed E-state index contributed by atoms with van der Waals surface area (Å²) >= 11 is 0. The second-order valence-electron chi connectivity index (χ2n) is 3.10. The normalized spacial score (nSPS) is 16.4. The number of aliphatic hydroxyl groups is 1. The Morgan fingerprint density at radius 1 is 1.50 bits per heavy atom. The molecule has 0 saturated carbocycles. The predicted molar refractivity (Wildman–Crippen MR) is 51.3 cm³/mol. The van der Waals surface area contributed by atoms with Gasteiger partial charge in [-0.1, -0.05) is 0 Å². The maximum absolute atomic E-state index is 11.3. The van der Waals surface area contributed by atoms with E-state index in [1.165, 1.54) is 6.26 Å². The van der Waals surface area contributed by atoms with Crippen molar-refractivity contribution in [3.63, 3.8) is 0 Å². The van der Waals surface area contributed by atoms with Gasteiger partial charge in [-0.3, -0.25) is 4.79 Å². The molecule has 1 heterocycles. The zero-order chi connectivity index (χ0) is 12.0. The van der Waals surface area contributed by atoms with Gasteiger partial charge in [-0.15, -0.1) is 0 Å². The minimum atomic E-state index is -1.47. The van der Waals surface area contributed by atoms with Crippen molar-refractivity contribution >= 4 is 11.9 Å². The van der Waals surface area contributed by atoms with Crippen LogP contribution in [0.15, 0.2) is 12.0 Å². The first-order valence-corrected chi connectivity index (χ1v) is 4.75. The molecule has 0 aromatic rings. The van der Waals surface area contributed by atoms with Crippen molar-refractivity contribution in [1.82, 2.24) is 5.32 Å². The molecule has 7 nitrogen and oxygen atoms in total. The number of rotatable bonds is 5. The summed E-state index contributed by atoms with van der Waals surface area (Å²) in [6.45, 7) is 0.749. The molecule has 0 fully saturated rings. The molecule has 1 unspecified atom stereocenters. The van der Waals surface area contributed by atoms with E-state index in [1.54, 1.807) is 0 Å². The van der Waals surface area contributed by atoms with Gasteiger partial charge in [0.15, 0.2) is 6.10 Å². The topological polar surface area (TPSA) is 105 Å². The fourth-order valence-corrected chi connectivity index (χ4v) is 1.02. The van der Waals surface area contributed by atoms with Gasteiger partial charge in [0.2, 0.25) is 5.76 Å². The van der Waals surface area contributed by atoms with Gasteiger partial charge in [0.05, 0.1) is 0 Å². The molecule has 1 aliphatic heterocycles. The van der Waals surface area contributed by atoms with E-state index in [2.05, 4.69) is 5.32 Å². The molecular formula is C9H13NO6. The summed E-state index contributed by atoms with van der Waals surface area (Å²) in [4.78, 5) is 21.6. The van der Waals surface area contributed by atoms with Crippen LogP contribution < -0.4 is 5.32 Å². The van der Waals surface area contributed by atoms with Crippen molar-refractivity contribution in [2.75, 3.05) is 19.8 Å². The predicted octanol–water partition coefficient (Wildman–Crippen LogP) is -1.17. The minimum absolute atomic E-state index is 0.0486. The van der Waals surface area contributed by atoms with Crippen molar-refractivity contribution in [3.05, 3.63) is 12.0 Å². The van der Waals surface area contributed by atoms with Gasteiger partial charge >= 0.3 is 5.97 Å². The lowest BCUT2D eigenvalue weighted by molar-refractivity contribution is -0.147. The van der Waals surface area contributed by atoms with E-state index in [0.717, 1.165) is 0 Å². The number of amides is 1. The number of aliphatic carboxylic acids is 1. The zero-order valence-corrected chi connectivity index (χ0v) is 8.51. The lowest BCUT2D eigenvalue weighted by atomic mass is 10.2. The van der Waals surface area contributed by atoms with Crippen LogP contribution in [-0.2, 0) is 19.1 Å². The lowest BCUT2D eigenvalue weighted by Crippen LogP contribution is -2.32. The molecule has 0 aromatic carbocycles. The lowest BCUT2D eigenvalue weighted by Gasteiger charge is -2.15. The van der Waals surface area contributed by atoms with Gasteiger partial charge < -0.3 is 25.0 Å². The second kappa shape index (κ2) is 5.96. The maximum atomic E-state index is 11.3. The smallest absolute Gasteiger partial charge is 0.332 e. The van der Waals surface area contributed by atoms with E-state index in [9.17, 15) is 9.59 Å². The number of aliphatic hydroxyl groups excluding tert-OH is 1. The fraction of sp³-hybridized carbons (Fsp3) is 0.556. The van der Waals surface area contributed by atoms with Crippen molar-refractivity contribution in [1.29, 1.82) is 0 Å². The highest BCUT2D eigenvalue weighted by Gasteiger charge is 2.16. The zero-order valence-electron chi connectivity index (χ0n) is 8.51. The van der Waals surface area contributed by atoms with Crippen LogP contribution in [0.4, 0.5) is 0 Å². The Morgan fingerprint density at radius 3 is 2.81 bits per heavy atom. The molecule has 0 spiro atoms. The third-order valence-corrected chi connectivity index (χ3v) is 1.86. The fourth-order valence-electron chi connectivity index (χ4n) is 1.02. The van der Waals surface area contributed by atoms with Crippen LogP contribution in [0.5, 0.6) is 0 Å². The molecule has 0 saturated heterocycles. The van der Waals surface area contributed by atoms with Gasteiger partial charge in [-0.05, 0) is 0 Å². The van der Waals surface area contributed by atoms with E-state index in [0.29, 0.717) is 13.2 Å². The minimum Gasteiger partial charge on any atom is -0.494 e. The van der Waals surface area contributed by atoms with Gasteiger partial charge in [-0.25, -0.2) is 4.79 Å². The van der Waals surface area contributed by atoms with Crippen LogP contribution in [0.3, 0.4) is 0 Å². The Hall–Kier alpha value is -1.76. The summed E-state index contributed by atoms with van der Waals surface area (Å²) in [6.07, 6.45) is -0.334. The first kappa shape index (κ1) is 12.3. The molecule has 3 N–H and O–H groups in total. The maximum Gasteiger partial charge on any atom is 0.332 e. The van der Waals surface area contributed by atoms with Crippen molar-refractivity contribution in [3.8, 4) is 0 Å². The van der Waals surface area contributed by atoms with E-state index < -0.39 is 18.0 Å². The van der Waals surface area contributed by atoms with Crippen molar-refractivity contribution in [2.24, 2.45) is 0 Å². The summed E-state index contributed by atoms with van der Waals surface area (Å²) in [5.41, 5.74) is 0. The largest absolute Gasteiger partial charge is 0.494 e. The number of carbonyl (C=O) groups is 2. The van der Waals surface area contributed by atoms with Crippen molar-refractivity contribution < 1.29 is 29.3 Å². The van der Waals surface area contributed by atoms with E-state index in [-0.39, 0.29) is 18.7 Å². The summed E-state index contributed by atoms with van der Waals surface area (Å²) in [7, 11) is 0. The SMILES string of the molecule is O=C(NCCC(O)C(=O)O)C1=COCCO1. The van der Waals surface area contributed by atoms with E-state index in [4.69, 9.17) is 19.7 Å². The Kier molecular flexibility index (Phi) is 4.59. The van der Waals surface area contributed by atoms with Crippen molar-refractivity contribution in [2.45, 2.75) is 12.5 Å². The van der Waals surface area contributed by atoms with Crippen LogP contribution >= 0.6 is 0 Å². The quantitative estimate of drug-likeness (QED) is 0.550. The molecule has 0 bridgehead atoms. The van der Waals surface area contributed by atoms with Crippen LogP contribution in [0.1, 0.15) is 6.42 Å². The Labute approximate surface area is 91.7 Å². The van der Waals surface area contributed by atoms with Crippen LogP contribution in [0, 0.1) is 0 Å². The molecule has 1 aliphatic rings. The third-order valence-electron chi connectivity index (χ3n) is 1.86. The van der Waals surface area contributed by atoms with Gasteiger partial charge in [-0.2, -0.15) is 0 Å². The third kappa shape index (κ3) is 3.77. The number of carboxylic acid groups (broad SMARTS) is 1. The number of carboxylic acids is 1. The summed E-state index contributed by atoms with van der Waals surface area (Å²) in [5, 5.41) is 19.7. The van der Waals surface area contributed by atoms with Crippen LogP contribution in [0.2, 0.25) is 0 Å². The molecule has 1 amide bonds. The van der Waals surface area contributed by atoms with Crippen LogP contribution in [-0.4, -0.2) is 48.0 Å². The molecule has 0 aliphatic carbocycles. The number of hydrogen-bond donors (Lipinski definition) is 3. The first-order chi connectivity index (χ1) is 7.61. The molecular weight excluding hydrogens is 218 g/mol. The number of nitrogens with one attached hydrogen (secondary N) is 1. The summed E-state index contributed by atoms with van der Waals surface area (Å²) in [5.74, 6) is -1.75. The highest BCUT2D eigenvalue weighted by atomic mass is 16.6. The Bertz CT molecular complexity index is 300. The molecule has 7 heteroatoms. The number of ether oxygens (including phenoxy) is 2. The molecule has 1 rings (SSSR count). The van der Waals surface area contributed by atoms with Crippen LogP contribution in [0.25, 0.3) is 0 Å². The van der Waals surface area contributed by atoms with E-state index >= 15 is 0 Å². The molecule has 0 aromatic heterocycles. The second-order valence-corrected chi connectivity index (χ2v) is 3.10. The standard InChI is InChI=1S/C9H13NO6/c11-6(9(13)14)1-2-10-8(12)7-5-15-3-4-16-7/h5-6,11H,1-4H2,(H,10,12)(H,13,14). The van der Waals surface area contributed by atoms with E-state index in [1.807, 2.05) is 0 Å². The summed E-state index contributed by atoms with van der Waals surface area (Å²) < 4.78 is 9.87. The molecule has 90 valence electrons. The van der Waals surface area contributed by atoms with Gasteiger partial charge in [0.1, 0.15) is 19.5 Å². The molecule has 1 atom stereocenters. The Morgan fingerprint density at radius 2 is 2.25 bits per heavy atom. The molecule has 16 heavy (non-hydrogen) atoms. The number of hydrogen-bond acceptors (Lipinski definition) is 5. The highest BCUT2D eigenvalue weighted by molar-refractivity contribution is 5.91. The first-order valence-electron chi connectivity index (χ1n) is 4.75. The summed E-state index contributed by atoms with van der Waals surface area (Å²) in [6, 6.07) is 0. The highest BCUT2D eigenvalue weighted by Crippen LogP contribution is 2.03. The van der Waals surface area contributed by atoms with Gasteiger partial charge in [0.25, 0.3) is 5.91 Å². The Balaban J connectivity index is 2.24. The van der Waals surface area contributed by atoms with Gasteiger partial charge in [0, 0.05) is 13.0 Å². The average molecular weight is 231 g/mol.